The molecule has 1 aromatic heterocycles. The van der Waals surface area contributed by atoms with Crippen molar-refractivity contribution in [3.63, 3.8) is 0 Å². The van der Waals surface area contributed by atoms with E-state index in [1.165, 1.54) is 35.6 Å². The largest absolute Gasteiger partial charge is 0.450 e. The predicted molar refractivity (Wildman–Crippen MR) is 168 cm³/mol. The predicted octanol–water partition coefficient (Wildman–Crippen LogP) is 5.34. The minimum atomic E-state index is -3.72. The van der Waals surface area contributed by atoms with Gasteiger partial charge in [-0.1, -0.05) is 20.8 Å². The van der Waals surface area contributed by atoms with Gasteiger partial charge in [-0.3, -0.25) is 9.59 Å². The third-order valence-corrected chi connectivity index (χ3v) is 12.6. The molecule has 4 heterocycles. The number of sulfonamides is 1. The standard InChI is InChI=1S/C32H42N4O6S2/c1-5-42-30(39)35-15-12-24-25(18-35)43-28(26(24)29(38)34-13-6-7-14-34)33-27(37)21-8-10-23(11-9-21)44(40,41)36-20-32(4)17-22(36)16-31(2,3)19-32/h8-11,22H,5-7,12-20H2,1-4H3,(H,33,37). The average molecular weight is 643 g/mol. The van der Waals surface area contributed by atoms with Crippen LogP contribution in [0, 0.1) is 10.8 Å². The molecule has 0 radical (unpaired) electrons. The topological polar surface area (TPSA) is 116 Å². The van der Waals surface area contributed by atoms with Crippen LogP contribution < -0.4 is 5.32 Å². The van der Waals surface area contributed by atoms with Gasteiger partial charge in [-0.15, -0.1) is 11.3 Å². The highest BCUT2D eigenvalue weighted by molar-refractivity contribution is 7.89. The van der Waals surface area contributed by atoms with Gasteiger partial charge >= 0.3 is 6.09 Å². The van der Waals surface area contributed by atoms with Crippen LogP contribution in [0.15, 0.2) is 29.2 Å². The lowest BCUT2D eigenvalue weighted by Crippen LogP contribution is -2.37. The van der Waals surface area contributed by atoms with Gasteiger partial charge in [-0.05, 0) is 86.1 Å². The summed E-state index contributed by atoms with van der Waals surface area (Å²) in [7, 11) is -3.72. The third kappa shape index (κ3) is 5.76. The molecule has 1 aliphatic carbocycles. The first-order valence-electron chi connectivity index (χ1n) is 15.6. The van der Waals surface area contributed by atoms with Crippen molar-refractivity contribution in [3.05, 3.63) is 45.8 Å². The highest BCUT2D eigenvalue weighted by Crippen LogP contribution is 2.53. The Bertz CT molecular complexity index is 1580. The third-order valence-electron chi connectivity index (χ3n) is 9.51. The van der Waals surface area contributed by atoms with E-state index in [-0.39, 0.29) is 34.3 Å². The fourth-order valence-corrected chi connectivity index (χ4v) is 11.0. The van der Waals surface area contributed by atoms with Gasteiger partial charge in [0.2, 0.25) is 10.0 Å². The number of ether oxygens (including phenoxy) is 1. The number of amides is 3. The molecule has 12 heteroatoms. The van der Waals surface area contributed by atoms with E-state index in [0.717, 1.165) is 42.5 Å². The van der Waals surface area contributed by atoms with Crippen LogP contribution in [0.4, 0.5) is 9.80 Å². The van der Waals surface area contributed by atoms with E-state index in [9.17, 15) is 22.8 Å². The van der Waals surface area contributed by atoms with Gasteiger partial charge in [0.25, 0.3) is 11.8 Å². The molecule has 10 nitrogen and oxygen atoms in total. The molecule has 2 saturated heterocycles. The second-order valence-electron chi connectivity index (χ2n) is 13.8. The molecule has 238 valence electrons. The van der Waals surface area contributed by atoms with Crippen LogP contribution in [-0.4, -0.2) is 79.3 Å². The van der Waals surface area contributed by atoms with Crippen LogP contribution in [0.1, 0.15) is 91.0 Å². The van der Waals surface area contributed by atoms with E-state index in [2.05, 4.69) is 26.1 Å². The molecule has 44 heavy (non-hydrogen) atoms. The molecular weight excluding hydrogens is 601 g/mol. The Morgan fingerprint density at radius 1 is 1.02 bits per heavy atom. The van der Waals surface area contributed by atoms with Crippen LogP contribution >= 0.6 is 11.3 Å². The fraction of sp³-hybridized carbons (Fsp3) is 0.594. The maximum absolute atomic E-state index is 13.7. The molecule has 2 unspecified atom stereocenters. The number of nitrogens with zero attached hydrogens (tertiary/aromatic N) is 3. The second-order valence-corrected chi connectivity index (χ2v) is 16.8. The highest BCUT2D eigenvalue weighted by Gasteiger charge is 2.53. The van der Waals surface area contributed by atoms with Crippen molar-refractivity contribution in [1.29, 1.82) is 0 Å². The summed E-state index contributed by atoms with van der Waals surface area (Å²) in [6.07, 6.45) is 4.70. The maximum atomic E-state index is 13.7. The van der Waals surface area contributed by atoms with Crippen molar-refractivity contribution < 1.29 is 27.5 Å². The lowest BCUT2D eigenvalue weighted by molar-refractivity contribution is 0.0792. The SMILES string of the molecule is CCOC(=O)N1CCc2c(sc(NC(=O)c3ccc(S(=O)(=O)N4CC5(C)CC4CC(C)(C)C5)cc3)c2C(=O)N2CCCC2)C1. The lowest BCUT2D eigenvalue weighted by atomic mass is 9.65. The Balaban J connectivity index is 1.23. The summed E-state index contributed by atoms with van der Waals surface area (Å²) in [4.78, 5) is 44.0. The molecule has 1 saturated carbocycles. The Labute approximate surface area is 263 Å². The minimum absolute atomic E-state index is 0.0205. The van der Waals surface area contributed by atoms with E-state index in [0.29, 0.717) is 55.3 Å². The van der Waals surface area contributed by atoms with Gasteiger partial charge in [0.15, 0.2) is 0 Å². The monoisotopic (exact) mass is 642 g/mol. The summed E-state index contributed by atoms with van der Waals surface area (Å²) in [5, 5.41) is 3.41. The number of nitrogens with one attached hydrogen (secondary N) is 1. The van der Waals surface area contributed by atoms with Crippen molar-refractivity contribution >= 4 is 44.3 Å². The molecule has 3 fully saturated rings. The summed E-state index contributed by atoms with van der Waals surface area (Å²) >= 11 is 1.31. The average Bonchev–Trinajstić information content (AvgIpc) is 3.68. The first-order chi connectivity index (χ1) is 20.8. The van der Waals surface area contributed by atoms with Gasteiger partial charge in [0, 0.05) is 42.7 Å². The number of hydrogen-bond donors (Lipinski definition) is 1. The smallest absolute Gasteiger partial charge is 0.410 e. The molecule has 4 aliphatic rings. The number of thiophene rings is 1. The van der Waals surface area contributed by atoms with Gasteiger partial charge in [-0.25, -0.2) is 13.2 Å². The van der Waals surface area contributed by atoms with E-state index in [4.69, 9.17) is 4.74 Å². The van der Waals surface area contributed by atoms with Crippen molar-refractivity contribution in [2.75, 3.05) is 38.1 Å². The quantitative estimate of drug-likeness (QED) is 0.455. The number of benzene rings is 1. The van der Waals surface area contributed by atoms with Crippen LogP contribution in [0.2, 0.25) is 0 Å². The summed E-state index contributed by atoms with van der Waals surface area (Å²) in [6.45, 7) is 11.3. The number of anilines is 1. The van der Waals surface area contributed by atoms with Gasteiger partial charge in [0.05, 0.1) is 23.6 Å². The van der Waals surface area contributed by atoms with Crippen LogP contribution in [-0.2, 0) is 27.7 Å². The van der Waals surface area contributed by atoms with E-state index in [1.54, 1.807) is 16.1 Å². The number of rotatable bonds is 6. The number of carbonyl (C=O) groups is 3. The van der Waals surface area contributed by atoms with Crippen LogP contribution in [0.25, 0.3) is 0 Å². The first-order valence-corrected chi connectivity index (χ1v) is 17.8. The number of likely N-dealkylation sites (tertiary alicyclic amines) is 1. The summed E-state index contributed by atoms with van der Waals surface area (Å²) in [5.74, 6) is -0.523. The maximum Gasteiger partial charge on any atom is 0.410 e. The number of carbonyl (C=O) groups excluding carboxylic acids is 3. The van der Waals surface area contributed by atoms with Gasteiger partial charge < -0.3 is 19.9 Å². The molecule has 2 aromatic rings. The van der Waals surface area contributed by atoms with Crippen molar-refractivity contribution in [1.82, 2.24) is 14.1 Å². The van der Waals surface area contributed by atoms with E-state index >= 15 is 0 Å². The first kappa shape index (κ1) is 31.0. The van der Waals surface area contributed by atoms with Gasteiger partial charge in [-0.2, -0.15) is 4.31 Å². The molecule has 3 amide bonds. The molecule has 2 atom stereocenters. The summed E-state index contributed by atoms with van der Waals surface area (Å²) < 4.78 is 34.3. The molecule has 1 aromatic carbocycles. The van der Waals surface area contributed by atoms with Gasteiger partial charge in [0.1, 0.15) is 5.00 Å². The van der Waals surface area contributed by atoms with Crippen molar-refractivity contribution in [2.24, 2.45) is 10.8 Å². The van der Waals surface area contributed by atoms with Crippen LogP contribution in [0.3, 0.4) is 0 Å². The molecule has 1 N–H and O–H groups in total. The molecule has 3 aliphatic heterocycles. The summed E-state index contributed by atoms with van der Waals surface area (Å²) in [6, 6.07) is 6.06. The Morgan fingerprint density at radius 3 is 2.41 bits per heavy atom. The highest BCUT2D eigenvalue weighted by atomic mass is 32.2. The minimum Gasteiger partial charge on any atom is -0.450 e. The molecule has 0 spiro atoms. The van der Waals surface area contributed by atoms with E-state index in [1.807, 2.05) is 4.90 Å². The Kier molecular flexibility index (Phi) is 8.07. The van der Waals surface area contributed by atoms with Crippen LogP contribution in [0.5, 0.6) is 0 Å². The molecule has 2 bridgehead atoms. The summed E-state index contributed by atoms with van der Waals surface area (Å²) in [5.41, 5.74) is 1.74. The normalized spacial score (nSPS) is 24.7. The Morgan fingerprint density at radius 2 is 1.73 bits per heavy atom. The zero-order chi connectivity index (χ0) is 31.4. The zero-order valence-corrected chi connectivity index (χ0v) is 27.6. The lowest BCUT2D eigenvalue weighted by Gasteiger charge is -2.39. The molecular formula is C32H42N4O6S2. The fourth-order valence-electron chi connectivity index (χ4n) is 7.94. The van der Waals surface area contributed by atoms with E-state index < -0.39 is 22.0 Å². The second kappa shape index (κ2) is 11.4. The van der Waals surface area contributed by atoms with Crippen molar-refractivity contribution in [2.45, 2.75) is 83.7 Å². The Hall–Kier alpha value is -2.96. The zero-order valence-electron chi connectivity index (χ0n) is 26.0. The number of hydrogen-bond acceptors (Lipinski definition) is 7. The number of fused-ring (bicyclic) bond motifs is 3. The molecule has 6 rings (SSSR count). The van der Waals surface area contributed by atoms with Crippen molar-refractivity contribution in [3.8, 4) is 0 Å².